The molecule has 0 spiro atoms. The molecule has 1 aromatic heterocycles. The summed E-state index contributed by atoms with van der Waals surface area (Å²) in [5.41, 5.74) is 2.02. The molecule has 3 rings (SSSR count). The zero-order valence-corrected chi connectivity index (χ0v) is 15.2. The molecule has 130 valence electrons. The van der Waals surface area contributed by atoms with E-state index in [4.69, 9.17) is 14.2 Å². The molecule has 0 aliphatic carbocycles. The highest BCUT2D eigenvalue weighted by Crippen LogP contribution is 2.38. The summed E-state index contributed by atoms with van der Waals surface area (Å²) in [5.74, 6) is 2.16. The number of hydrogen-bond acceptors (Lipinski definition) is 5. The van der Waals surface area contributed by atoms with Crippen molar-refractivity contribution in [1.29, 1.82) is 0 Å². The van der Waals surface area contributed by atoms with Crippen molar-refractivity contribution in [3.63, 3.8) is 0 Å². The first-order valence-electron chi connectivity index (χ1n) is 7.82. The van der Waals surface area contributed by atoms with Crippen LogP contribution in [0.3, 0.4) is 0 Å². The smallest absolute Gasteiger partial charge is 0.203 e. The van der Waals surface area contributed by atoms with Gasteiger partial charge in [0, 0.05) is 10.1 Å². The molecule has 0 aliphatic heterocycles. The molecule has 0 saturated heterocycles. The number of ether oxygens (including phenoxy) is 3. The van der Waals surface area contributed by atoms with E-state index in [0.717, 1.165) is 27.6 Å². The third-order valence-electron chi connectivity index (χ3n) is 3.96. The minimum absolute atomic E-state index is 0.329. The van der Waals surface area contributed by atoms with Crippen LogP contribution in [0.2, 0.25) is 0 Å². The van der Waals surface area contributed by atoms with Crippen molar-refractivity contribution in [2.24, 2.45) is 0 Å². The Morgan fingerprint density at radius 2 is 1.72 bits per heavy atom. The molecule has 0 amide bonds. The summed E-state index contributed by atoms with van der Waals surface area (Å²) in [6, 6.07) is 9.66. The topological polar surface area (TPSA) is 47.9 Å². The Bertz CT molecular complexity index is 886. The van der Waals surface area contributed by atoms with Gasteiger partial charge in [0.2, 0.25) is 5.75 Å². The molecule has 0 unspecified atom stereocenters. The standard InChI is InChI=1S/C20H20O4S/c1-22-17-10-14(11-18(23-2)20(17)24-3)6-4-5-13-9-16(21)15-7-8-25-19(15)12-13/h4,6-12,21H,5H2,1-3H3/b6-4-. The predicted molar refractivity (Wildman–Crippen MR) is 102 cm³/mol. The molecule has 1 N–H and O–H groups in total. The number of phenols is 1. The summed E-state index contributed by atoms with van der Waals surface area (Å²) in [7, 11) is 4.79. The Labute approximate surface area is 150 Å². The van der Waals surface area contributed by atoms with Gasteiger partial charge in [0.15, 0.2) is 11.5 Å². The Kier molecular flexibility index (Phi) is 5.14. The second-order valence-corrected chi connectivity index (χ2v) is 6.46. The molecule has 0 atom stereocenters. The van der Waals surface area contributed by atoms with Crippen molar-refractivity contribution in [3.05, 3.63) is 52.9 Å². The van der Waals surface area contributed by atoms with Crippen LogP contribution in [-0.2, 0) is 6.42 Å². The average Bonchev–Trinajstić information content (AvgIpc) is 3.10. The van der Waals surface area contributed by atoms with E-state index in [-0.39, 0.29) is 0 Å². The SMILES string of the molecule is COc1cc(/C=C\Cc2cc(O)c3ccsc3c2)cc(OC)c1OC. The molecule has 5 heteroatoms. The number of fused-ring (bicyclic) bond motifs is 1. The van der Waals surface area contributed by atoms with Crippen LogP contribution >= 0.6 is 11.3 Å². The van der Waals surface area contributed by atoms with E-state index in [1.807, 2.05) is 35.7 Å². The quantitative estimate of drug-likeness (QED) is 0.683. The fourth-order valence-electron chi connectivity index (χ4n) is 2.75. The molecule has 2 aromatic carbocycles. The van der Waals surface area contributed by atoms with E-state index in [9.17, 15) is 5.11 Å². The monoisotopic (exact) mass is 356 g/mol. The number of benzene rings is 2. The van der Waals surface area contributed by atoms with E-state index in [1.165, 1.54) is 0 Å². The van der Waals surface area contributed by atoms with Gasteiger partial charge >= 0.3 is 0 Å². The van der Waals surface area contributed by atoms with Crippen LogP contribution in [0.1, 0.15) is 11.1 Å². The lowest BCUT2D eigenvalue weighted by Crippen LogP contribution is -1.95. The van der Waals surface area contributed by atoms with Gasteiger partial charge in [0.25, 0.3) is 0 Å². The number of aromatic hydroxyl groups is 1. The van der Waals surface area contributed by atoms with Crippen LogP contribution in [0.15, 0.2) is 41.8 Å². The Morgan fingerprint density at radius 3 is 2.36 bits per heavy atom. The molecule has 0 saturated carbocycles. The van der Waals surface area contributed by atoms with E-state index < -0.39 is 0 Å². The Balaban J connectivity index is 1.83. The first-order valence-corrected chi connectivity index (χ1v) is 8.70. The van der Waals surface area contributed by atoms with Gasteiger partial charge in [-0.05, 0) is 53.3 Å². The molecule has 1 heterocycles. The van der Waals surface area contributed by atoms with Gasteiger partial charge < -0.3 is 19.3 Å². The Hall–Kier alpha value is -2.66. The maximum Gasteiger partial charge on any atom is 0.203 e. The van der Waals surface area contributed by atoms with E-state index >= 15 is 0 Å². The molecular weight excluding hydrogens is 336 g/mol. The molecule has 0 aliphatic rings. The van der Waals surface area contributed by atoms with Crippen LogP contribution in [0.4, 0.5) is 0 Å². The van der Waals surface area contributed by atoms with Crippen LogP contribution in [0, 0.1) is 0 Å². The molecule has 0 radical (unpaired) electrons. The lowest BCUT2D eigenvalue weighted by molar-refractivity contribution is 0.324. The van der Waals surface area contributed by atoms with E-state index in [2.05, 4.69) is 12.1 Å². The van der Waals surface area contributed by atoms with Crippen LogP contribution in [0.5, 0.6) is 23.0 Å². The average molecular weight is 356 g/mol. The van der Waals surface area contributed by atoms with Crippen molar-refractivity contribution < 1.29 is 19.3 Å². The number of thiophene rings is 1. The molecule has 3 aromatic rings. The van der Waals surface area contributed by atoms with Gasteiger partial charge in [0.1, 0.15) is 5.75 Å². The molecule has 25 heavy (non-hydrogen) atoms. The summed E-state index contributed by atoms with van der Waals surface area (Å²) >= 11 is 1.63. The predicted octanol–water partition coefficient (Wildman–Crippen LogP) is 4.89. The maximum atomic E-state index is 10.1. The zero-order valence-electron chi connectivity index (χ0n) is 14.4. The second-order valence-electron chi connectivity index (χ2n) is 5.51. The molecule has 4 nitrogen and oxygen atoms in total. The number of rotatable bonds is 6. The van der Waals surface area contributed by atoms with Crippen LogP contribution in [-0.4, -0.2) is 26.4 Å². The lowest BCUT2D eigenvalue weighted by atomic mass is 10.1. The van der Waals surface area contributed by atoms with Gasteiger partial charge in [0.05, 0.1) is 21.3 Å². The minimum atomic E-state index is 0.329. The fraction of sp³-hybridized carbons (Fsp3) is 0.200. The second kappa shape index (κ2) is 7.49. The van der Waals surface area contributed by atoms with Gasteiger partial charge in [-0.1, -0.05) is 12.2 Å². The number of hydrogen-bond donors (Lipinski definition) is 1. The summed E-state index contributed by atoms with van der Waals surface area (Å²) in [4.78, 5) is 0. The normalized spacial score (nSPS) is 11.2. The molecular formula is C20H20O4S. The third-order valence-corrected chi connectivity index (χ3v) is 4.82. The minimum Gasteiger partial charge on any atom is -0.507 e. The Morgan fingerprint density at radius 1 is 1.00 bits per heavy atom. The highest BCUT2D eigenvalue weighted by Gasteiger charge is 2.12. The highest BCUT2D eigenvalue weighted by atomic mass is 32.1. The van der Waals surface area contributed by atoms with Gasteiger partial charge in [-0.2, -0.15) is 0 Å². The number of methoxy groups -OCH3 is 3. The summed E-state index contributed by atoms with van der Waals surface area (Å²) < 4.78 is 17.2. The highest BCUT2D eigenvalue weighted by molar-refractivity contribution is 7.17. The summed E-state index contributed by atoms with van der Waals surface area (Å²) in [5, 5.41) is 13.0. The maximum absolute atomic E-state index is 10.1. The first-order chi connectivity index (χ1) is 12.2. The van der Waals surface area contributed by atoms with Gasteiger partial charge in [-0.3, -0.25) is 0 Å². The van der Waals surface area contributed by atoms with Crippen molar-refractivity contribution >= 4 is 27.5 Å². The zero-order chi connectivity index (χ0) is 17.8. The third kappa shape index (κ3) is 3.56. The van der Waals surface area contributed by atoms with E-state index in [1.54, 1.807) is 32.7 Å². The summed E-state index contributed by atoms with van der Waals surface area (Å²) in [6.45, 7) is 0. The lowest BCUT2D eigenvalue weighted by Gasteiger charge is -2.12. The molecule has 0 fully saturated rings. The van der Waals surface area contributed by atoms with E-state index in [0.29, 0.717) is 23.0 Å². The summed E-state index contributed by atoms with van der Waals surface area (Å²) in [6.07, 6.45) is 4.77. The number of phenolic OH excluding ortho intramolecular Hbond substituents is 1. The van der Waals surface area contributed by atoms with Gasteiger partial charge in [-0.25, -0.2) is 0 Å². The van der Waals surface area contributed by atoms with Gasteiger partial charge in [-0.15, -0.1) is 11.3 Å². The van der Waals surface area contributed by atoms with Crippen molar-refractivity contribution in [3.8, 4) is 23.0 Å². The van der Waals surface area contributed by atoms with Crippen molar-refractivity contribution in [2.45, 2.75) is 6.42 Å². The molecule has 0 bridgehead atoms. The fourth-order valence-corrected chi connectivity index (χ4v) is 3.62. The van der Waals surface area contributed by atoms with Crippen molar-refractivity contribution in [1.82, 2.24) is 0 Å². The van der Waals surface area contributed by atoms with Crippen molar-refractivity contribution in [2.75, 3.05) is 21.3 Å². The largest absolute Gasteiger partial charge is 0.507 e. The first kappa shape index (κ1) is 17.2. The number of allylic oxidation sites excluding steroid dienone is 1. The van der Waals surface area contributed by atoms with Crippen LogP contribution < -0.4 is 14.2 Å². The van der Waals surface area contributed by atoms with Crippen LogP contribution in [0.25, 0.3) is 16.2 Å².